The van der Waals surface area contributed by atoms with Crippen LogP contribution in [-0.4, -0.2) is 29.7 Å². The quantitative estimate of drug-likeness (QED) is 0.467. The monoisotopic (exact) mass is 397 g/mol. The summed E-state index contributed by atoms with van der Waals surface area (Å²) in [5.74, 6) is 0. The SMILES string of the molecule is Cc1ccc([N+](=O)[O-])cc1S(=O)(=O)N(C)C(c1ccccc1)c1ccccn1. The maximum Gasteiger partial charge on any atom is 0.270 e. The van der Waals surface area contributed by atoms with Crippen molar-refractivity contribution in [3.8, 4) is 0 Å². The summed E-state index contributed by atoms with van der Waals surface area (Å²) in [6.07, 6.45) is 1.60. The van der Waals surface area contributed by atoms with Gasteiger partial charge < -0.3 is 0 Å². The zero-order valence-electron chi connectivity index (χ0n) is 15.4. The van der Waals surface area contributed by atoms with Gasteiger partial charge in [-0.05, 0) is 30.2 Å². The first-order chi connectivity index (χ1) is 13.3. The van der Waals surface area contributed by atoms with Crippen molar-refractivity contribution in [1.29, 1.82) is 0 Å². The van der Waals surface area contributed by atoms with Gasteiger partial charge in [0, 0.05) is 25.4 Å². The molecular formula is C20H19N3O4S. The van der Waals surface area contributed by atoms with Crippen LogP contribution in [0.2, 0.25) is 0 Å². The van der Waals surface area contributed by atoms with E-state index in [1.807, 2.05) is 30.3 Å². The number of hydrogen-bond donors (Lipinski definition) is 0. The number of aryl methyl sites for hydroxylation is 1. The lowest BCUT2D eigenvalue weighted by molar-refractivity contribution is -0.385. The first-order valence-electron chi connectivity index (χ1n) is 8.51. The van der Waals surface area contributed by atoms with E-state index in [0.717, 1.165) is 11.6 Å². The maximum atomic E-state index is 13.4. The maximum absolute atomic E-state index is 13.4. The van der Waals surface area contributed by atoms with Gasteiger partial charge in [0.1, 0.15) is 0 Å². The zero-order chi connectivity index (χ0) is 20.3. The lowest BCUT2D eigenvalue weighted by Gasteiger charge is -2.28. The number of hydrogen-bond acceptors (Lipinski definition) is 5. The highest BCUT2D eigenvalue weighted by Gasteiger charge is 2.33. The lowest BCUT2D eigenvalue weighted by Crippen LogP contribution is -2.33. The molecule has 1 atom stereocenters. The molecule has 1 heterocycles. The standard InChI is InChI=1S/C20H19N3O4S/c1-15-11-12-17(23(24)25)14-19(15)28(26,27)22(2)20(16-8-4-3-5-9-16)18-10-6-7-13-21-18/h3-14,20H,1-2H3. The second-order valence-corrected chi connectivity index (χ2v) is 8.26. The van der Waals surface area contributed by atoms with Gasteiger partial charge in [-0.3, -0.25) is 15.1 Å². The Hall–Kier alpha value is -3.10. The van der Waals surface area contributed by atoms with Crippen molar-refractivity contribution in [3.05, 3.63) is 99.9 Å². The van der Waals surface area contributed by atoms with E-state index in [1.165, 1.54) is 23.5 Å². The summed E-state index contributed by atoms with van der Waals surface area (Å²) in [6, 6.07) is 17.6. The Labute approximate surface area is 163 Å². The van der Waals surface area contributed by atoms with Crippen LogP contribution in [-0.2, 0) is 10.0 Å². The summed E-state index contributed by atoms with van der Waals surface area (Å²) in [6.45, 7) is 1.61. The Kier molecular flexibility index (Phi) is 5.53. The van der Waals surface area contributed by atoms with E-state index in [0.29, 0.717) is 11.3 Å². The van der Waals surface area contributed by atoms with Crippen LogP contribution in [0.5, 0.6) is 0 Å². The van der Waals surface area contributed by atoms with E-state index in [-0.39, 0.29) is 10.6 Å². The minimum absolute atomic E-state index is 0.0962. The van der Waals surface area contributed by atoms with Gasteiger partial charge in [0.2, 0.25) is 10.0 Å². The molecule has 0 aliphatic heterocycles. The molecule has 0 N–H and O–H groups in total. The van der Waals surface area contributed by atoms with E-state index in [2.05, 4.69) is 4.98 Å². The average Bonchev–Trinajstić information content (AvgIpc) is 2.69. The molecule has 7 nitrogen and oxygen atoms in total. The molecule has 0 fully saturated rings. The Bertz CT molecular complexity index is 1050. The van der Waals surface area contributed by atoms with Crippen molar-refractivity contribution in [2.24, 2.45) is 0 Å². The normalized spacial score (nSPS) is 12.7. The number of benzene rings is 2. The highest BCUT2D eigenvalue weighted by Crippen LogP contribution is 2.33. The number of nitro groups is 1. The smallest absolute Gasteiger partial charge is 0.259 e. The summed E-state index contributed by atoms with van der Waals surface area (Å²) in [5.41, 5.74) is 1.47. The Morgan fingerprint density at radius 3 is 2.32 bits per heavy atom. The van der Waals surface area contributed by atoms with Crippen molar-refractivity contribution >= 4 is 15.7 Å². The van der Waals surface area contributed by atoms with Crippen LogP contribution in [0.15, 0.2) is 77.8 Å². The van der Waals surface area contributed by atoms with Gasteiger partial charge in [0.15, 0.2) is 0 Å². The molecule has 3 rings (SSSR count). The summed E-state index contributed by atoms with van der Waals surface area (Å²) >= 11 is 0. The number of pyridine rings is 1. The Morgan fingerprint density at radius 2 is 1.71 bits per heavy atom. The van der Waals surface area contributed by atoms with Crippen LogP contribution in [0, 0.1) is 17.0 Å². The van der Waals surface area contributed by atoms with Crippen molar-refractivity contribution in [3.63, 3.8) is 0 Å². The predicted octanol–water partition coefficient (Wildman–Crippen LogP) is 3.71. The molecule has 1 unspecified atom stereocenters. The van der Waals surface area contributed by atoms with Crippen LogP contribution in [0.3, 0.4) is 0 Å². The summed E-state index contributed by atoms with van der Waals surface area (Å²) in [5, 5.41) is 11.1. The molecule has 3 aromatic rings. The molecule has 0 bridgehead atoms. The summed E-state index contributed by atoms with van der Waals surface area (Å²) < 4.78 is 28.0. The van der Waals surface area contributed by atoms with Crippen molar-refractivity contribution in [1.82, 2.24) is 9.29 Å². The number of aromatic nitrogens is 1. The van der Waals surface area contributed by atoms with E-state index in [1.54, 1.807) is 31.3 Å². The fourth-order valence-corrected chi connectivity index (χ4v) is 4.58. The molecule has 2 aromatic carbocycles. The molecular weight excluding hydrogens is 378 g/mol. The molecule has 0 aliphatic rings. The molecule has 0 radical (unpaired) electrons. The van der Waals surface area contributed by atoms with Crippen molar-refractivity contribution < 1.29 is 13.3 Å². The van der Waals surface area contributed by atoms with Gasteiger partial charge in [0.05, 0.1) is 21.6 Å². The average molecular weight is 397 g/mol. The topological polar surface area (TPSA) is 93.4 Å². The molecule has 0 amide bonds. The largest absolute Gasteiger partial charge is 0.270 e. The van der Waals surface area contributed by atoms with Crippen molar-refractivity contribution in [2.45, 2.75) is 17.9 Å². The third-order valence-electron chi connectivity index (χ3n) is 4.49. The third kappa shape index (κ3) is 3.78. The van der Waals surface area contributed by atoms with Crippen LogP contribution in [0.4, 0.5) is 5.69 Å². The number of nitrogens with zero attached hydrogens (tertiary/aromatic N) is 3. The first kappa shape index (κ1) is 19.7. The minimum atomic E-state index is -4.03. The zero-order valence-corrected chi connectivity index (χ0v) is 16.2. The Balaban J connectivity index is 2.14. The molecule has 0 spiro atoms. The fraction of sp³-hybridized carbons (Fsp3) is 0.150. The highest BCUT2D eigenvalue weighted by molar-refractivity contribution is 7.89. The predicted molar refractivity (Wildman–Crippen MR) is 105 cm³/mol. The fourth-order valence-electron chi connectivity index (χ4n) is 3.01. The van der Waals surface area contributed by atoms with Crippen LogP contribution in [0.25, 0.3) is 0 Å². The van der Waals surface area contributed by atoms with E-state index in [9.17, 15) is 18.5 Å². The molecule has 0 saturated carbocycles. The van der Waals surface area contributed by atoms with E-state index in [4.69, 9.17) is 0 Å². The number of sulfonamides is 1. The summed E-state index contributed by atoms with van der Waals surface area (Å²) in [4.78, 5) is 14.8. The summed E-state index contributed by atoms with van der Waals surface area (Å²) in [7, 11) is -2.57. The van der Waals surface area contributed by atoms with E-state index >= 15 is 0 Å². The molecule has 144 valence electrons. The minimum Gasteiger partial charge on any atom is -0.259 e. The van der Waals surface area contributed by atoms with Gasteiger partial charge in [-0.15, -0.1) is 0 Å². The van der Waals surface area contributed by atoms with Gasteiger partial charge in [-0.1, -0.05) is 42.5 Å². The van der Waals surface area contributed by atoms with Crippen LogP contribution in [0.1, 0.15) is 22.9 Å². The second-order valence-electron chi connectivity index (χ2n) is 6.30. The van der Waals surface area contributed by atoms with Gasteiger partial charge in [-0.25, -0.2) is 8.42 Å². The van der Waals surface area contributed by atoms with Gasteiger partial charge in [-0.2, -0.15) is 4.31 Å². The Morgan fingerprint density at radius 1 is 1.04 bits per heavy atom. The highest BCUT2D eigenvalue weighted by atomic mass is 32.2. The van der Waals surface area contributed by atoms with Crippen molar-refractivity contribution in [2.75, 3.05) is 7.05 Å². The van der Waals surface area contributed by atoms with Gasteiger partial charge in [0.25, 0.3) is 5.69 Å². The van der Waals surface area contributed by atoms with E-state index < -0.39 is 21.0 Å². The second kappa shape index (κ2) is 7.87. The number of nitro benzene ring substituents is 1. The van der Waals surface area contributed by atoms with Gasteiger partial charge >= 0.3 is 0 Å². The molecule has 0 saturated heterocycles. The van der Waals surface area contributed by atoms with Crippen LogP contribution >= 0.6 is 0 Å². The lowest BCUT2D eigenvalue weighted by atomic mass is 10.0. The third-order valence-corrected chi connectivity index (χ3v) is 6.45. The molecule has 1 aromatic heterocycles. The molecule has 28 heavy (non-hydrogen) atoms. The van der Waals surface area contributed by atoms with Crippen LogP contribution < -0.4 is 0 Å². The molecule has 0 aliphatic carbocycles. The first-order valence-corrected chi connectivity index (χ1v) is 9.95. The number of non-ortho nitro benzene ring substituents is 1. The number of rotatable bonds is 6. The molecule has 8 heteroatoms.